The maximum Gasteiger partial charge on any atom is 0.216 e. The van der Waals surface area contributed by atoms with E-state index in [9.17, 15) is 4.39 Å². The third-order valence-corrected chi connectivity index (χ3v) is 16.5. The second-order valence-electron chi connectivity index (χ2n) is 20.5. The first kappa shape index (κ1) is 42.7. The van der Waals surface area contributed by atoms with Crippen molar-refractivity contribution in [3.63, 3.8) is 0 Å². The van der Waals surface area contributed by atoms with Gasteiger partial charge in [-0.1, -0.05) is 93.2 Å². The van der Waals surface area contributed by atoms with Gasteiger partial charge in [0.2, 0.25) is 5.71 Å². The van der Waals surface area contributed by atoms with Crippen LogP contribution in [0, 0.1) is 30.2 Å². The van der Waals surface area contributed by atoms with Crippen LogP contribution in [0.1, 0.15) is 103 Å². The zero-order valence-electron chi connectivity index (χ0n) is 48.9. The quantitative estimate of drug-likeness (QED) is 0.101. The van der Waals surface area contributed by atoms with Gasteiger partial charge in [0.15, 0.2) is 0 Å². The van der Waals surface area contributed by atoms with E-state index in [1.807, 2.05) is 99.8 Å². The molecule has 0 spiro atoms. The zero-order chi connectivity index (χ0) is 55.6. The van der Waals surface area contributed by atoms with Gasteiger partial charge in [0.1, 0.15) is 5.82 Å². The van der Waals surface area contributed by atoms with E-state index in [1.165, 1.54) is 18.2 Å². The molecule has 363 valence electrons. The molecule has 10 aromatic rings. The number of hydrogen-bond acceptors (Lipinski definition) is 4. The standard InChI is InChI=1S/C43H35FN3O.C20H28GeN.Ir/c1-26(2)36-24-30(29-17-19-31(44)20-18-29)25-37(27(3)4)40(36)47-39-16-9-8-15-38(39)46-42(47)35-14-10-13-33-34-22-21-32(45-43(34)48-41(33)35)23-28-11-6-5-7-12-28;1-15-8-10-16(11-9-15)19-12-17(13-20(2,3)4)18(14-22-19)21(5,6)7;/h5-13,15-22,24-27H,23H2,1-4H3;8-10,12,14H,13H2,1-7H3;/q2*-1;/i23D2;1D3,13D2;. The fraction of sp³-hybridized carbons (Fsp3) is 0.254. The number of aromatic nitrogens is 4. The maximum atomic E-state index is 13.9. The third kappa shape index (κ3) is 11.2. The van der Waals surface area contributed by atoms with Gasteiger partial charge >= 0.3 is 145 Å². The summed E-state index contributed by atoms with van der Waals surface area (Å²) in [5.74, 6) is 7.44. The molecule has 71 heavy (non-hydrogen) atoms. The Morgan fingerprint density at radius 2 is 1.48 bits per heavy atom. The number of imidazole rings is 1. The maximum absolute atomic E-state index is 13.9. The van der Waals surface area contributed by atoms with Gasteiger partial charge in [-0.15, -0.1) is 18.2 Å². The molecule has 4 heterocycles. The Labute approximate surface area is 445 Å². The van der Waals surface area contributed by atoms with Crippen molar-refractivity contribution in [3.05, 3.63) is 197 Å². The molecule has 0 amide bonds. The van der Waals surface area contributed by atoms with Gasteiger partial charge < -0.3 is 8.98 Å². The van der Waals surface area contributed by atoms with Crippen molar-refractivity contribution < 1.29 is 38.5 Å². The number of pyridine rings is 2. The van der Waals surface area contributed by atoms with Crippen LogP contribution in [0.2, 0.25) is 17.3 Å². The summed E-state index contributed by atoms with van der Waals surface area (Å²) in [6, 6.07) is 48.8. The van der Waals surface area contributed by atoms with Gasteiger partial charge in [-0.3, -0.25) is 4.98 Å². The van der Waals surface area contributed by atoms with Gasteiger partial charge in [-0.05, 0) is 88.2 Å². The van der Waals surface area contributed by atoms with Crippen molar-refractivity contribution in [2.75, 3.05) is 0 Å². The van der Waals surface area contributed by atoms with Crippen LogP contribution >= 0.6 is 0 Å². The molecular weight excluding hydrogens is 1110 g/mol. The van der Waals surface area contributed by atoms with Crippen molar-refractivity contribution in [2.45, 2.75) is 97.2 Å². The second kappa shape index (κ2) is 21.0. The molecule has 0 fully saturated rings. The summed E-state index contributed by atoms with van der Waals surface area (Å²) in [7, 11) is 0. The first-order valence-corrected chi connectivity index (χ1v) is 31.3. The molecule has 6 aromatic carbocycles. The first-order chi connectivity index (χ1) is 36.2. The molecule has 0 saturated carbocycles. The first-order valence-electron chi connectivity index (χ1n) is 27.4. The van der Waals surface area contributed by atoms with Crippen molar-refractivity contribution >= 4 is 50.8 Å². The number of halogens is 1. The van der Waals surface area contributed by atoms with Crippen LogP contribution in [-0.4, -0.2) is 32.8 Å². The van der Waals surface area contributed by atoms with Crippen LogP contribution in [0.5, 0.6) is 0 Å². The van der Waals surface area contributed by atoms with E-state index in [0.29, 0.717) is 45.1 Å². The summed E-state index contributed by atoms with van der Waals surface area (Å²) in [6.07, 6.45) is -1.51. The second-order valence-corrected chi connectivity index (χ2v) is 31.1. The predicted octanol–water partition coefficient (Wildman–Crippen LogP) is 16.4. The Bertz CT molecular complexity index is 3760. The van der Waals surface area contributed by atoms with E-state index in [-0.39, 0.29) is 49.0 Å². The van der Waals surface area contributed by atoms with E-state index in [1.54, 1.807) is 30.3 Å². The molecule has 0 N–H and O–H groups in total. The van der Waals surface area contributed by atoms with Crippen LogP contribution < -0.4 is 4.40 Å². The molecular formula is C63H63FGeIrN4O-2. The van der Waals surface area contributed by atoms with Crippen molar-refractivity contribution in [1.29, 1.82) is 0 Å². The van der Waals surface area contributed by atoms with Crippen LogP contribution in [0.4, 0.5) is 4.39 Å². The number of benzene rings is 6. The fourth-order valence-corrected chi connectivity index (χ4v) is 11.8. The summed E-state index contributed by atoms with van der Waals surface area (Å²) in [5.41, 5.74) is 11.2. The van der Waals surface area contributed by atoms with Crippen LogP contribution in [-0.2, 0) is 32.9 Å². The van der Waals surface area contributed by atoms with E-state index >= 15 is 0 Å². The minimum absolute atomic E-state index is 0. The molecule has 0 aliphatic heterocycles. The average molecular weight is 1180 g/mol. The van der Waals surface area contributed by atoms with Gasteiger partial charge in [-0.25, -0.2) is 9.37 Å². The number of rotatable bonds is 10. The molecule has 1 radical (unpaired) electrons. The van der Waals surface area contributed by atoms with Crippen LogP contribution in [0.25, 0.3) is 72.6 Å². The summed E-state index contributed by atoms with van der Waals surface area (Å²) >= 11 is -2.36. The number of nitrogens with zero attached hydrogens (tertiary/aromatic N) is 4. The largest absolute Gasteiger partial charge is 0.486 e. The summed E-state index contributed by atoms with van der Waals surface area (Å²) < 4.78 is 81.6. The Morgan fingerprint density at radius 1 is 0.775 bits per heavy atom. The molecule has 8 heteroatoms. The van der Waals surface area contributed by atoms with E-state index in [0.717, 1.165) is 54.1 Å². The molecule has 0 aliphatic rings. The van der Waals surface area contributed by atoms with Gasteiger partial charge in [0.05, 0.1) is 22.4 Å². The zero-order valence-corrected chi connectivity index (χ0v) is 46.4. The molecule has 10 rings (SSSR count). The van der Waals surface area contributed by atoms with Crippen molar-refractivity contribution in [3.8, 4) is 39.5 Å². The van der Waals surface area contributed by atoms with Gasteiger partial charge in [-0.2, -0.15) is 0 Å². The topological polar surface area (TPSA) is 56.7 Å². The minimum Gasteiger partial charge on any atom is -0.486 e. The molecule has 5 nitrogen and oxygen atoms in total. The van der Waals surface area contributed by atoms with Gasteiger partial charge in [0, 0.05) is 46.0 Å². The molecule has 0 unspecified atom stereocenters. The Kier molecular flexibility index (Phi) is 12.6. The average Bonchev–Trinajstić information content (AvgIpc) is 4.11. The normalized spacial score (nSPS) is 14.0. The number of hydrogen-bond donors (Lipinski definition) is 0. The molecule has 0 atom stereocenters. The van der Waals surface area contributed by atoms with Crippen LogP contribution in [0.15, 0.2) is 150 Å². The third-order valence-electron chi connectivity index (χ3n) is 12.3. The number of aryl methyl sites for hydroxylation is 1. The van der Waals surface area contributed by atoms with E-state index < -0.39 is 38.3 Å². The molecule has 4 aromatic heterocycles. The monoisotopic (exact) mass is 1180 g/mol. The molecule has 0 bridgehead atoms. The van der Waals surface area contributed by atoms with Gasteiger partial charge in [0.25, 0.3) is 0 Å². The fourth-order valence-electron chi connectivity index (χ4n) is 8.87. The molecule has 0 aliphatic carbocycles. The number of fused-ring (bicyclic) bond motifs is 4. The van der Waals surface area contributed by atoms with E-state index in [4.69, 9.17) is 24.0 Å². The Morgan fingerprint density at radius 3 is 2.13 bits per heavy atom. The minimum atomic E-state index is -2.36. The number of furan rings is 1. The van der Waals surface area contributed by atoms with Crippen molar-refractivity contribution in [2.24, 2.45) is 5.41 Å². The molecule has 0 saturated heterocycles. The summed E-state index contributed by atoms with van der Waals surface area (Å²) in [6.45, 7) is 12.3. The predicted molar refractivity (Wildman–Crippen MR) is 293 cm³/mol. The SMILES string of the molecule is [2H]C([2H])([2H])c1c[c-]c(-c2cc(C([2H])([2H])C(C)(C)C)[c]([Ge]([CH3])([CH3])[CH3])cn2)cc1.[2H]C([2H])(c1ccccc1)c1ccc2c(n1)oc1c(-c3nc4ccccc4n3-c3c(C(C)C)cc(-c4ccc(F)cc4)cc3C(C)C)[c-]ccc12.[Ir]. The summed E-state index contributed by atoms with van der Waals surface area (Å²) in [5, 5.41) is 1.64. The Hall–Kier alpha value is -5.99. The summed E-state index contributed by atoms with van der Waals surface area (Å²) in [4.78, 5) is 14.5. The van der Waals surface area contributed by atoms with Crippen LogP contribution in [0.3, 0.4) is 0 Å². The van der Waals surface area contributed by atoms with E-state index in [2.05, 4.69) is 84.8 Å². The number of para-hydroxylation sites is 2. The smallest absolute Gasteiger partial charge is 0.216 e. The van der Waals surface area contributed by atoms with Crippen molar-refractivity contribution in [1.82, 2.24) is 19.5 Å². The Balaban J connectivity index is 0.000000244.